The first-order chi connectivity index (χ1) is 14.7. The molecule has 2 N–H and O–H groups in total. The van der Waals surface area contributed by atoms with Crippen molar-refractivity contribution >= 4 is 22.7 Å². The average Bonchev–Trinajstić information content (AvgIpc) is 2.75. The molecule has 1 heterocycles. The van der Waals surface area contributed by atoms with Gasteiger partial charge in [-0.05, 0) is 36.4 Å². The van der Waals surface area contributed by atoms with Gasteiger partial charge < -0.3 is 19.3 Å². The van der Waals surface area contributed by atoms with Crippen LogP contribution < -0.4 is 10.1 Å². The van der Waals surface area contributed by atoms with Crippen LogP contribution in [0.4, 0.5) is 14.9 Å². The fraction of sp³-hybridized carbons (Fsp3) is 0.273. The van der Waals surface area contributed by atoms with Crippen molar-refractivity contribution in [3.8, 4) is 17.0 Å². The molecule has 0 unspecified atom stereocenters. The standard InChI is InChI=1S/C22H23FN2O5/c23-9-10-28-11-12-29-13-14-30-19-6-8-21-17(15-19)3-7-20(25-21)16-1-4-18(5-2-16)24-22(26)27/h1-8,15,24H,9-14H2,(H,26,27). The maximum absolute atomic E-state index is 11.9. The Balaban J connectivity index is 1.55. The van der Waals surface area contributed by atoms with Crippen LogP contribution in [0.25, 0.3) is 22.2 Å². The lowest BCUT2D eigenvalue weighted by Gasteiger charge is -2.09. The molecule has 0 aliphatic carbocycles. The molecule has 0 fully saturated rings. The molecule has 2 aromatic carbocycles. The number of pyridine rings is 1. The van der Waals surface area contributed by atoms with E-state index in [-0.39, 0.29) is 6.61 Å². The summed E-state index contributed by atoms with van der Waals surface area (Å²) in [7, 11) is 0. The van der Waals surface area contributed by atoms with E-state index < -0.39 is 12.8 Å². The number of halogens is 1. The van der Waals surface area contributed by atoms with Crippen LogP contribution in [0.2, 0.25) is 0 Å². The molecule has 3 rings (SSSR count). The molecule has 0 aliphatic heterocycles. The van der Waals surface area contributed by atoms with Gasteiger partial charge in [-0.3, -0.25) is 5.32 Å². The SMILES string of the molecule is O=C(O)Nc1ccc(-c2ccc3cc(OCCOCCOCCF)ccc3n2)cc1. The van der Waals surface area contributed by atoms with Crippen LogP contribution >= 0.6 is 0 Å². The molecule has 0 radical (unpaired) electrons. The summed E-state index contributed by atoms with van der Waals surface area (Å²) in [6.07, 6.45) is -1.10. The van der Waals surface area contributed by atoms with Crippen LogP contribution in [-0.4, -0.2) is 55.9 Å². The number of hydrogen-bond acceptors (Lipinski definition) is 5. The van der Waals surface area contributed by atoms with Crippen molar-refractivity contribution in [2.75, 3.05) is 45.0 Å². The van der Waals surface area contributed by atoms with E-state index in [0.29, 0.717) is 32.1 Å². The predicted molar refractivity (Wildman–Crippen MR) is 112 cm³/mol. The van der Waals surface area contributed by atoms with E-state index in [1.54, 1.807) is 12.1 Å². The zero-order valence-electron chi connectivity index (χ0n) is 16.3. The molecule has 0 saturated heterocycles. The van der Waals surface area contributed by atoms with Crippen molar-refractivity contribution in [2.45, 2.75) is 0 Å². The molecular formula is C22H23FN2O5. The molecule has 0 atom stereocenters. The van der Waals surface area contributed by atoms with Crippen LogP contribution in [0.15, 0.2) is 54.6 Å². The first-order valence-electron chi connectivity index (χ1n) is 9.51. The number of alkyl halides is 1. The highest BCUT2D eigenvalue weighted by Crippen LogP contribution is 2.25. The third-order valence-electron chi connectivity index (χ3n) is 4.18. The molecule has 0 bridgehead atoms. The third kappa shape index (κ3) is 6.40. The molecule has 1 amide bonds. The minimum atomic E-state index is -1.10. The van der Waals surface area contributed by atoms with Crippen molar-refractivity contribution in [3.05, 3.63) is 54.6 Å². The zero-order valence-corrected chi connectivity index (χ0v) is 16.3. The minimum absolute atomic E-state index is 0.0972. The normalized spacial score (nSPS) is 10.8. The fourth-order valence-electron chi connectivity index (χ4n) is 2.80. The molecule has 0 aliphatic rings. The van der Waals surface area contributed by atoms with E-state index >= 15 is 0 Å². The summed E-state index contributed by atoms with van der Waals surface area (Å²) in [6.45, 7) is 1.20. The van der Waals surface area contributed by atoms with Gasteiger partial charge in [-0.25, -0.2) is 14.2 Å². The number of carbonyl (C=O) groups is 1. The van der Waals surface area contributed by atoms with Gasteiger partial charge in [0.15, 0.2) is 0 Å². The van der Waals surface area contributed by atoms with Crippen molar-refractivity contribution < 1.29 is 28.5 Å². The van der Waals surface area contributed by atoms with Gasteiger partial charge in [0.1, 0.15) is 19.0 Å². The number of ether oxygens (including phenoxy) is 3. The van der Waals surface area contributed by atoms with Crippen LogP contribution in [0, 0.1) is 0 Å². The molecule has 0 spiro atoms. The van der Waals surface area contributed by atoms with Crippen LogP contribution in [-0.2, 0) is 9.47 Å². The second kappa shape index (κ2) is 11.1. The van der Waals surface area contributed by atoms with Crippen LogP contribution in [0.5, 0.6) is 5.75 Å². The van der Waals surface area contributed by atoms with E-state index in [4.69, 9.17) is 19.3 Å². The smallest absolute Gasteiger partial charge is 0.409 e. The largest absolute Gasteiger partial charge is 0.491 e. The summed E-state index contributed by atoms with van der Waals surface area (Å²) in [4.78, 5) is 15.4. The average molecular weight is 414 g/mol. The molecule has 7 nitrogen and oxygen atoms in total. The second-order valence-electron chi connectivity index (χ2n) is 6.32. The van der Waals surface area contributed by atoms with Gasteiger partial charge in [-0.2, -0.15) is 0 Å². The van der Waals surface area contributed by atoms with E-state index in [9.17, 15) is 9.18 Å². The Morgan fingerprint density at radius 1 is 0.933 bits per heavy atom. The number of fused-ring (bicyclic) bond motifs is 1. The highest BCUT2D eigenvalue weighted by atomic mass is 19.1. The van der Waals surface area contributed by atoms with Crippen molar-refractivity contribution in [1.29, 1.82) is 0 Å². The maximum Gasteiger partial charge on any atom is 0.409 e. The van der Waals surface area contributed by atoms with Crippen molar-refractivity contribution in [3.63, 3.8) is 0 Å². The Hall–Kier alpha value is -3.23. The number of aromatic nitrogens is 1. The molecule has 30 heavy (non-hydrogen) atoms. The third-order valence-corrected chi connectivity index (χ3v) is 4.18. The number of carboxylic acid groups (broad SMARTS) is 1. The Bertz CT molecular complexity index is 965. The predicted octanol–water partition coefficient (Wildman–Crippen LogP) is 4.37. The lowest BCUT2D eigenvalue weighted by atomic mass is 10.1. The summed E-state index contributed by atoms with van der Waals surface area (Å²) in [5.41, 5.74) is 3.01. The second-order valence-corrected chi connectivity index (χ2v) is 6.32. The number of amides is 1. The van der Waals surface area contributed by atoms with Crippen molar-refractivity contribution in [2.24, 2.45) is 0 Å². The summed E-state index contributed by atoms with van der Waals surface area (Å²) < 4.78 is 27.9. The minimum Gasteiger partial charge on any atom is -0.491 e. The molecule has 1 aromatic heterocycles. The van der Waals surface area contributed by atoms with E-state index in [0.717, 1.165) is 27.9 Å². The van der Waals surface area contributed by atoms with E-state index in [1.165, 1.54) is 0 Å². The summed E-state index contributed by atoms with van der Waals surface area (Å²) >= 11 is 0. The highest BCUT2D eigenvalue weighted by molar-refractivity contribution is 5.85. The van der Waals surface area contributed by atoms with Crippen molar-refractivity contribution in [1.82, 2.24) is 4.98 Å². The summed E-state index contributed by atoms with van der Waals surface area (Å²) in [6, 6.07) is 16.6. The van der Waals surface area contributed by atoms with Gasteiger partial charge in [-0.1, -0.05) is 18.2 Å². The number of anilines is 1. The quantitative estimate of drug-likeness (QED) is 0.453. The molecule has 0 saturated carbocycles. The fourth-order valence-corrected chi connectivity index (χ4v) is 2.80. The van der Waals surface area contributed by atoms with E-state index in [1.807, 2.05) is 42.5 Å². The van der Waals surface area contributed by atoms with E-state index in [2.05, 4.69) is 10.3 Å². The Morgan fingerprint density at radius 3 is 2.40 bits per heavy atom. The van der Waals surface area contributed by atoms with Gasteiger partial charge in [0.2, 0.25) is 0 Å². The number of rotatable bonds is 11. The lowest BCUT2D eigenvalue weighted by molar-refractivity contribution is 0.0325. The van der Waals surface area contributed by atoms with Crippen LogP contribution in [0.3, 0.4) is 0 Å². The van der Waals surface area contributed by atoms with Gasteiger partial charge in [-0.15, -0.1) is 0 Å². The topological polar surface area (TPSA) is 89.9 Å². The molecule has 8 heteroatoms. The Kier molecular flexibility index (Phi) is 7.94. The lowest BCUT2D eigenvalue weighted by Crippen LogP contribution is -2.11. The first kappa shape index (κ1) is 21.5. The zero-order chi connectivity index (χ0) is 21.2. The van der Waals surface area contributed by atoms with Crippen LogP contribution in [0.1, 0.15) is 0 Å². The summed E-state index contributed by atoms with van der Waals surface area (Å²) in [5.74, 6) is 0.721. The van der Waals surface area contributed by atoms with Gasteiger partial charge in [0, 0.05) is 16.6 Å². The number of nitrogens with one attached hydrogen (secondary N) is 1. The number of benzene rings is 2. The molecular weight excluding hydrogens is 391 g/mol. The maximum atomic E-state index is 11.9. The van der Waals surface area contributed by atoms with Gasteiger partial charge in [0.05, 0.1) is 37.6 Å². The monoisotopic (exact) mass is 414 g/mol. The Labute approximate surface area is 173 Å². The highest BCUT2D eigenvalue weighted by Gasteiger charge is 2.05. The van der Waals surface area contributed by atoms with Gasteiger partial charge >= 0.3 is 6.09 Å². The molecule has 3 aromatic rings. The number of nitrogens with zero attached hydrogens (tertiary/aromatic N) is 1. The van der Waals surface area contributed by atoms with Gasteiger partial charge in [0.25, 0.3) is 0 Å². The Morgan fingerprint density at radius 2 is 1.67 bits per heavy atom. The summed E-state index contributed by atoms with van der Waals surface area (Å²) in [5, 5.41) is 12.0. The first-order valence-corrected chi connectivity index (χ1v) is 9.51. The molecule has 158 valence electrons. The number of hydrogen-bond donors (Lipinski definition) is 2.